The van der Waals surface area contributed by atoms with Crippen molar-refractivity contribution in [2.75, 3.05) is 13.2 Å². The summed E-state index contributed by atoms with van der Waals surface area (Å²) in [4.78, 5) is 0. The molecule has 1 aromatic rings. The zero-order valence-electron chi connectivity index (χ0n) is 9.08. The minimum absolute atomic E-state index is 0.0413. The number of benzene rings is 1. The first-order valence-electron chi connectivity index (χ1n) is 5.24. The van der Waals surface area contributed by atoms with Gasteiger partial charge in [0.2, 0.25) is 0 Å². The van der Waals surface area contributed by atoms with Gasteiger partial charge in [0.25, 0.3) is 0 Å². The van der Waals surface area contributed by atoms with Crippen LogP contribution in [0.2, 0.25) is 0 Å². The monoisotopic (exact) mass is 208 g/mol. The second kappa shape index (κ2) is 3.74. The Bertz CT molecular complexity index is 385. The zero-order chi connectivity index (χ0) is 11.0. The fraction of sp³-hybridized carbons (Fsp3) is 0.500. The molecule has 1 aliphatic heterocycles. The van der Waals surface area contributed by atoms with E-state index in [0.29, 0.717) is 12.4 Å². The predicted molar refractivity (Wildman–Crippen MR) is 57.5 cm³/mol. The van der Waals surface area contributed by atoms with Crippen LogP contribution in [-0.2, 0) is 6.42 Å². The summed E-state index contributed by atoms with van der Waals surface area (Å²) in [7, 11) is 0. The van der Waals surface area contributed by atoms with Crippen molar-refractivity contribution in [2.45, 2.75) is 26.2 Å². The predicted octanol–water partition coefficient (Wildman–Crippen LogP) is 1.73. The molecule has 0 bridgehead atoms. The first-order valence-corrected chi connectivity index (χ1v) is 5.24. The van der Waals surface area contributed by atoms with Crippen molar-refractivity contribution in [3.8, 4) is 11.5 Å². The molecule has 1 atom stereocenters. The molecule has 0 spiro atoms. The Kier molecular flexibility index (Phi) is 2.57. The van der Waals surface area contributed by atoms with Crippen LogP contribution in [0.4, 0.5) is 0 Å². The second-order valence-electron chi connectivity index (χ2n) is 4.11. The van der Waals surface area contributed by atoms with Crippen LogP contribution in [-0.4, -0.2) is 23.4 Å². The van der Waals surface area contributed by atoms with Crippen LogP contribution in [0.1, 0.15) is 29.5 Å². The third-order valence-electron chi connectivity index (χ3n) is 2.98. The van der Waals surface area contributed by atoms with Gasteiger partial charge >= 0.3 is 0 Å². The minimum atomic E-state index is -0.0413. The van der Waals surface area contributed by atoms with Crippen LogP contribution in [0.15, 0.2) is 6.07 Å². The molecule has 0 radical (unpaired) electrons. The number of hydrogen-bond donors (Lipinski definition) is 2. The van der Waals surface area contributed by atoms with E-state index in [1.165, 1.54) is 0 Å². The number of rotatable bonds is 2. The molecular weight excluding hydrogens is 192 g/mol. The molecule has 0 amide bonds. The summed E-state index contributed by atoms with van der Waals surface area (Å²) in [6.07, 6.45) is 0.822. The van der Waals surface area contributed by atoms with Crippen LogP contribution >= 0.6 is 0 Å². The van der Waals surface area contributed by atoms with Gasteiger partial charge < -0.3 is 14.9 Å². The number of fused-ring (bicyclic) bond motifs is 1. The number of phenolic OH excluding ortho intramolecular Hbond substituents is 1. The highest BCUT2D eigenvalue weighted by molar-refractivity contribution is 5.55. The van der Waals surface area contributed by atoms with Crippen molar-refractivity contribution in [2.24, 2.45) is 0 Å². The Balaban J connectivity index is 2.60. The molecule has 1 unspecified atom stereocenters. The van der Waals surface area contributed by atoms with Gasteiger partial charge in [-0.2, -0.15) is 0 Å². The first-order chi connectivity index (χ1) is 7.15. The zero-order valence-corrected chi connectivity index (χ0v) is 9.08. The number of aryl methyl sites for hydroxylation is 1. The molecule has 0 saturated heterocycles. The smallest absolute Gasteiger partial charge is 0.123 e. The molecule has 1 aromatic carbocycles. The summed E-state index contributed by atoms with van der Waals surface area (Å²) in [5.41, 5.74) is 2.72. The van der Waals surface area contributed by atoms with Gasteiger partial charge in [-0.25, -0.2) is 0 Å². The number of phenols is 1. The van der Waals surface area contributed by atoms with Gasteiger partial charge in [-0.15, -0.1) is 0 Å². The Morgan fingerprint density at radius 1 is 1.53 bits per heavy atom. The topological polar surface area (TPSA) is 49.7 Å². The van der Waals surface area contributed by atoms with Gasteiger partial charge in [-0.1, -0.05) is 6.92 Å². The molecule has 2 rings (SSSR count). The molecule has 3 heteroatoms. The maximum Gasteiger partial charge on any atom is 0.123 e. The minimum Gasteiger partial charge on any atom is -0.507 e. The third-order valence-corrected chi connectivity index (χ3v) is 2.98. The van der Waals surface area contributed by atoms with Gasteiger partial charge in [0.15, 0.2) is 0 Å². The molecule has 1 heterocycles. The quantitative estimate of drug-likeness (QED) is 0.778. The van der Waals surface area contributed by atoms with Gasteiger partial charge in [-0.05, 0) is 18.6 Å². The van der Waals surface area contributed by atoms with Crippen molar-refractivity contribution in [1.82, 2.24) is 0 Å². The highest BCUT2D eigenvalue weighted by Crippen LogP contribution is 2.40. The summed E-state index contributed by atoms with van der Waals surface area (Å²) in [6, 6.07) is 1.87. The molecule has 2 N–H and O–H groups in total. The van der Waals surface area contributed by atoms with Crippen molar-refractivity contribution < 1.29 is 14.9 Å². The highest BCUT2D eigenvalue weighted by Gasteiger charge is 2.24. The lowest BCUT2D eigenvalue weighted by molar-refractivity contribution is 0.270. The fourth-order valence-corrected chi connectivity index (χ4v) is 2.11. The highest BCUT2D eigenvalue weighted by atomic mass is 16.5. The summed E-state index contributed by atoms with van der Waals surface area (Å²) in [5.74, 6) is 1.13. The van der Waals surface area contributed by atoms with E-state index in [-0.39, 0.29) is 12.5 Å². The number of aliphatic hydroxyl groups excluding tert-OH is 1. The average molecular weight is 208 g/mol. The largest absolute Gasteiger partial charge is 0.507 e. The number of hydrogen-bond acceptors (Lipinski definition) is 3. The van der Waals surface area contributed by atoms with E-state index in [0.717, 1.165) is 28.9 Å². The second-order valence-corrected chi connectivity index (χ2v) is 4.11. The average Bonchev–Trinajstić information content (AvgIpc) is 2.66. The molecule has 0 saturated carbocycles. The van der Waals surface area contributed by atoms with Crippen LogP contribution in [0, 0.1) is 6.92 Å². The number of aromatic hydroxyl groups is 1. The van der Waals surface area contributed by atoms with E-state index in [9.17, 15) is 10.2 Å². The van der Waals surface area contributed by atoms with Crippen LogP contribution in [0.5, 0.6) is 11.5 Å². The standard InChI is InChI=1S/C12H16O3/c1-7-5-10-9(3-4-15-10)11(12(7)14)8(2)6-13/h5,8,13-14H,3-4,6H2,1-2H3. The Hall–Kier alpha value is -1.22. The summed E-state index contributed by atoms with van der Waals surface area (Å²) in [6.45, 7) is 4.48. The third kappa shape index (κ3) is 1.57. The number of ether oxygens (including phenoxy) is 1. The summed E-state index contributed by atoms with van der Waals surface area (Å²) in [5, 5.41) is 19.2. The van der Waals surface area contributed by atoms with E-state index < -0.39 is 0 Å². The van der Waals surface area contributed by atoms with Crippen molar-refractivity contribution in [3.05, 3.63) is 22.8 Å². The molecule has 1 aliphatic rings. The lowest BCUT2D eigenvalue weighted by atomic mass is 9.92. The van der Waals surface area contributed by atoms with E-state index in [1.54, 1.807) is 0 Å². The molecule has 15 heavy (non-hydrogen) atoms. The van der Waals surface area contributed by atoms with Crippen LogP contribution < -0.4 is 4.74 Å². The maximum atomic E-state index is 10.00. The van der Waals surface area contributed by atoms with Crippen molar-refractivity contribution >= 4 is 0 Å². The fourth-order valence-electron chi connectivity index (χ4n) is 2.11. The molecule has 0 aliphatic carbocycles. The summed E-state index contributed by atoms with van der Waals surface area (Å²) < 4.78 is 5.48. The van der Waals surface area contributed by atoms with E-state index in [4.69, 9.17) is 4.74 Å². The van der Waals surface area contributed by atoms with Gasteiger partial charge in [-0.3, -0.25) is 0 Å². The SMILES string of the molecule is Cc1cc2c(c(C(C)CO)c1O)CCO2. The lowest BCUT2D eigenvalue weighted by Gasteiger charge is -2.16. The molecule has 82 valence electrons. The normalized spacial score (nSPS) is 15.9. The molecule has 0 aromatic heterocycles. The van der Waals surface area contributed by atoms with E-state index in [2.05, 4.69) is 0 Å². The molecule has 0 fully saturated rings. The van der Waals surface area contributed by atoms with E-state index >= 15 is 0 Å². The summed E-state index contributed by atoms with van der Waals surface area (Å²) >= 11 is 0. The van der Waals surface area contributed by atoms with Crippen molar-refractivity contribution in [3.63, 3.8) is 0 Å². The van der Waals surface area contributed by atoms with Crippen LogP contribution in [0.3, 0.4) is 0 Å². The Morgan fingerprint density at radius 2 is 2.27 bits per heavy atom. The first kappa shape index (κ1) is 10.3. The van der Waals surface area contributed by atoms with Gasteiger partial charge in [0.1, 0.15) is 11.5 Å². The van der Waals surface area contributed by atoms with Crippen LogP contribution in [0.25, 0.3) is 0 Å². The lowest BCUT2D eigenvalue weighted by Crippen LogP contribution is -2.03. The molecular formula is C12H16O3. The van der Waals surface area contributed by atoms with Gasteiger partial charge in [0.05, 0.1) is 6.61 Å². The van der Waals surface area contributed by atoms with Crippen molar-refractivity contribution in [1.29, 1.82) is 0 Å². The van der Waals surface area contributed by atoms with Gasteiger partial charge in [0, 0.05) is 30.1 Å². The van der Waals surface area contributed by atoms with E-state index in [1.807, 2.05) is 19.9 Å². The Labute approximate surface area is 89.3 Å². The molecule has 3 nitrogen and oxygen atoms in total. The number of aliphatic hydroxyl groups is 1. The Morgan fingerprint density at radius 3 is 2.93 bits per heavy atom. The maximum absolute atomic E-state index is 10.00.